The van der Waals surface area contributed by atoms with Crippen molar-refractivity contribution in [2.24, 2.45) is 23.7 Å². The predicted molar refractivity (Wildman–Crippen MR) is 149 cm³/mol. The number of fused-ring (bicyclic) bond motifs is 4. The molecule has 10 heteroatoms. The number of carbonyl (C=O) groups excluding carboxylic acids is 4. The lowest BCUT2D eigenvalue weighted by molar-refractivity contribution is -0.144. The van der Waals surface area contributed by atoms with Gasteiger partial charge in [-0.05, 0) is 49.3 Å². The number of carbonyl (C=O) groups is 4. The number of phenolic OH excluding ortho intramolecular Hbond substituents is 1. The SMILES string of the molecule is COc1cc(C=CC2C3=CCC4C(=O)N(C5CCCCC5)C(=O)C4C3CC3(Cl)C(=O)N(C)C(=O)C23Cl)ccc1O. The Morgan fingerprint density at radius 1 is 1.02 bits per heavy atom. The molecule has 1 N–H and O–H groups in total. The zero-order valence-corrected chi connectivity index (χ0v) is 24.0. The molecule has 0 radical (unpaired) electrons. The molecule has 6 atom stereocenters. The van der Waals surface area contributed by atoms with E-state index in [1.807, 2.05) is 6.08 Å². The minimum absolute atomic E-state index is 0.00509. The third-order valence-corrected chi connectivity index (χ3v) is 11.2. The zero-order chi connectivity index (χ0) is 28.6. The Bertz CT molecular complexity index is 1370. The van der Waals surface area contributed by atoms with Crippen LogP contribution in [0.3, 0.4) is 0 Å². The van der Waals surface area contributed by atoms with E-state index in [0.29, 0.717) is 12.0 Å². The van der Waals surface area contributed by atoms with Crippen molar-refractivity contribution in [2.45, 2.75) is 60.7 Å². The standard InChI is InChI=1S/C30H32Cl2N2O6/c1-33-27(38)29(31)15-20-18(10-11-19-24(20)26(37)34(25(19)36)17-6-4-3-5-7-17)21(30(29,32)28(33)39)12-8-16-9-13-22(35)23(14-16)40-2/h8-10,12-14,17,19-21,24,35H,3-7,11,15H2,1-2H3. The van der Waals surface area contributed by atoms with Crippen molar-refractivity contribution in [3.8, 4) is 11.5 Å². The zero-order valence-electron chi connectivity index (χ0n) is 22.4. The second kappa shape index (κ2) is 9.62. The van der Waals surface area contributed by atoms with Crippen LogP contribution in [0.15, 0.2) is 35.9 Å². The van der Waals surface area contributed by atoms with Crippen LogP contribution < -0.4 is 4.74 Å². The van der Waals surface area contributed by atoms with Crippen LogP contribution >= 0.6 is 23.2 Å². The van der Waals surface area contributed by atoms with Gasteiger partial charge in [0.1, 0.15) is 0 Å². The third kappa shape index (κ3) is 3.64. The Kier molecular flexibility index (Phi) is 6.58. The summed E-state index contributed by atoms with van der Waals surface area (Å²) < 4.78 is 5.22. The van der Waals surface area contributed by atoms with Crippen molar-refractivity contribution in [2.75, 3.05) is 14.2 Å². The van der Waals surface area contributed by atoms with E-state index in [1.165, 1.54) is 25.1 Å². The smallest absolute Gasteiger partial charge is 0.253 e. The number of hydrogen-bond acceptors (Lipinski definition) is 6. The number of methoxy groups -OCH3 is 1. The van der Waals surface area contributed by atoms with E-state index in [0.717, 1.165) is 42.6 Å². The lowest BCUT2D eigenvalue weighted by Gasteiger charge is -2.49. The lowest BCUT2D eigenvalue weighted by Crippen LogP contribution is -2.60. The minimum atomic E-state index is -1.80. The molecule has 0 spiro atoms. The van der Waals surface area contributed by atoms with E-state index in [-0.39, 0.29) is 35.8 Å². The first-order valence-electron chi connectivity index (χ1n) is 13.9. The maximum absolute atomic E-state index is 14.0. The van der Waals surface area contributed by atoms with Crippen LogP contribution in [-0.4, -0.2) is 68.5 Å². The molecule has 2 saturated carbocycles. The van der Waals surface area contributed by atoms with Gasteiger partial charge in [0.2, 0.25) is 11.8 Å². The van der Waals surface area contributed by atoms with Gasteiger partial charge in [-0.1, -0.05) is 49.1 Å². The number of ether oxygens (including phenoxy) is 1. The first kappa shape index (κ1) is 27.3. The number of imide groups is 2. The van der Waals surface area contributed by atoms with Gasteiger partial charge in [-0.2, -0.15) is 0 Å². The number of hydrogen-bond donors (Lipinski definition) is 1. The molecule has 6 rings (SSSR count). The Balaban J connectivity index is 1.43. The second-order valence-electron chi connectivity index (χ2n) is 11.7. The second-order valence-corrected chi connectivity index (χ2v) is 12.9. The van der Waals surface area contributed by atoms with E-state index in [2.05, 4.69) is 0 Å². The van der Waals surface area contributed by atoms with Crippen LogP contribution in [0.2, 0.25) is 0 Å². The largest absolute Gasteiger partial charge is 0.504 e. The van der Waals surface area contributed by atoms with Crippen LogP contribution in [-0.2, 0) is 19.2 Å². The number of rotatable bonds is 4. The molecule has 0 bridgehead atoms. The van der Waals surface area contributed by atoms with Gasteiger partial charge in [-0.25, -0.2) is 0 Å². The normalized spacial score (nSPS) is 36.1. The molecule has 6 unspecified atom stereocenters. The maximum Gasteiger partial charge on any atom is 0.253 e. The third-order valence-electron chi connectivity index (χ3n) is 9.73. The first-order valence-corrected chi connectivity index (χ1v) is 14.6. The summed E-state index contributed by atoms with van der Waals surface area (Å²) >= 11 is 14.3. The van der Waals surface area contributed by atoms with Crippen molar-refractivity contribution in [1.29, 1.82) is 0 Å². The summed E-state index contributed by atoms with van der Waals surface area (Å²) in [6, 6.07) is 4.73. The van der Waals surface area contributed by atoms with Gasteiger partial charge in [0.15, 0.2) is 21.2 Å². The Hall–Kier alpha value is -2.84. The summed E-state index contributed by atoms with van der Waals surface area (Å²) in [6.07, 6.45) is 10.5. The summed E-state index contributed by atoms with van der Waals surface area (Å²) in [7, 11) is 2.82. The average Bonchev–Trinajstić information content (AvgIpc) is 3.28. The van der Waals surface area contributed by atoms with Gasteiger partial charge in [-0.15, -0.1) is 23.2 Å². The molecule has 2 aliphatic heterocycles. The molecule has 1 aromatic carbocycles. The molecule has 2 saturated heterocycles. The average molecular weight is 588 g/mol. The number of benzene rings is 1. The molecular formula is C30H32Cl2N2O6. The summed E-state index contributed by atoms with van der Waals surface area (Å²) in [6.45, 7) is 0. The fraction of sp³-hybridized carbons (Fsp3) is 0.533. The number of nitrogens with zero attached hydrogens (tertiary/aromatic N) is 2. The fourth-order valence-electron chi connectivity index (χ4n) is 7.72. The van der Waals surface area contributed by atoms with Gasteiger partial charge < -0.3 is 9.84 Å². The summed E-state index contributed by atoms with van der Waals surface area (Å²) in [4.78, 5) is 53.5. The van der Waals surface area contributed by atoms with Gasteiger partial charge in [0.05, 0.1) is 18.9 Å². The van der Waals surface area contributed by atoms with Crippen LogP contribution in [0.4, 0.5) is 0 Å². The van der Waals surface area contributed by atoms with Gasteiger partial charge in [0, 0.05) is 19.0 Å². The van der Waals surface area contributed by atoms with Crippen LogP contribution in [0.25, 0.3) is 6.08 Å². The van der Waals surface area contributed by atoms with E-state index in [9.17, 15) is 24.3 Å². The van der Waals surface area contributed by atoms with E-state index in [1.54, 1.807) is 24.3 Å². The monoisotopic (exact) mass is 586 g/mol. The highest BCUT2D eigenvalue weighted by atomic mass is 35.5. The number of likely N-dealkylation sites (tertiary alicyclic amines) is 2. The molecule has 40 heavy (non-hydrogen) atoms. The molecule has 5 aliphatic rings. The molecule has 4 fully saturated rings. The van der Waals surface area contributed by atoms with Crippen molar-refractivity contribution >= 4 is 52.9 Å². The molecule has 4 amide bonds. The molecule has 0 aromatic heterocycles. The molecule has 1 aromatic rings. The number of phenols is 1. The predicted octanol–water partition coefficient (Wildman–Crippen LogP) is 4.27. The minimum Gasteiger partial charge on any atom is -0.504 e. The van der Waals surface area contributed by atoms with E-state index in [4.69, 9.17) is 27.9 Å². The number of aromatic hydroxyl groups is 1. The molecule has 212 valence electrons. The van der Waals surface area contributed by atoms with Crippen molar-refractivity contribution in [3.05, 3.63) is 41.5 Å². The highest BCUT2D eigenvalue weighted by molar-refractivity contribution is 6.53. The summed E-state index contributed by atoms with van der Waals surface area (Å²) in [5, 5.41) is 10.00. The first-order chi connectivity index (χ1) is 19.0. The van der Waals surface area contributed by atoms with E-state index >= 15 is 0 Å². The Morgan fingerprint density at radius 3 is 2.45 bits per heavy atom. The van der Waals surface area contributed by atoms with Crippen LogP contribution in [0.1, 0.15) is 50.5 Å². The number of allylic oxidation sites excluding steroid dienone is 3. The van der Waals surface area contributed by atoms with Crippen molar-refractivity contribution < 1.29 is 29.0 Å². The number of amides is 4. The maximum atomic E-state index is 14.0. The Morgan fingerprint density at radius 2 is 1.75 bits per heavy atom. The van der Waals surface area contributed by atoms with Gasteiger partial charge >= 0.3 is 0 Å². The van der Waals surface area contributed by atoms with Crippen molar-refractivity contribution in [1.82, 2.24) is 9.80 Å². The van der Waals surface area contributed by atoms with Crippen LogP contribution in [0.5, 0.6) is 11.5 Å². The fourth-order valence-corrected chi connectivity index (χ4v) is 8.70. The lowest BCUT2D eigenvalue weighted by atomic mass is 9.57. The highest BCUT2D eigenvalue weighted by Gasteiger charge is 2.75. The number of halogens is 2. The van der Waals surface area contributed by atoms with E-state index < -0.39 is 45.2 Å². The van der Waals surface area contributed by atoms with Crippen LogP contribution in [0, 0.1) is 23.7 Å². The summed E-state index contributed by atoms with van der Waals surface area (Å²) in [5.41, 5.74) is 1.44. The van der Waals surface area contributed by atoms with Crippen molar-refractivity contribution in [3.63, 3.8) is 0 Å². The van der Waals surface area contributed by atoms with Gasteiger partial charge in [0.25, 0.3) is 11.8 Å². The molecule has 2 heterocycles. The topological polar surface area (TPSA) is 104 Å². The molecular weight excluding hydrogens is 555 g/mol. The Labute approximate surface area is 242 Å². The number of alkyl halides is 2. The molecule has 3 aliphatic carbocycles. The van der Waals surface area contributed by atoms with Gasteiger partial charge in [-0.3, -0.25) is 29.0 Å². The summed E-state index contributed by atoms with van der Waals surface area (Å²) in [5.74, 6) is -3.75. The highest BCUT2D eigenvalue weighted by Crippen LogP contribution is 2.63. The molecule has 8 nitrogen and oxygen atoms in total. The quantitative estimate of drug-likeness (QED) is 0.321.